The maximum atomic E-state index is 5.25. The zero-order valence-electron chi connectivity index (χ0n) is 9.82. The van der Waals surface area contributed by atoms with E-state index in [1.54, 1.807) is 7.11 Å². The van der Waals surface area contributed by atoms with Crippen LogP contribution in [0, 0.1) is 5.92 Å². The molecule has 0 aromatic heterocycles. The van der Waals surface area contributed by atoms with Crippen molar-refractivity contribution in [3.05, 3.63) is 12.3 Å². The second kappa shape index (κ2) is 9.03. The minimum Gasteiger partial charge on any atom is -0.378 e. The van der Waals surface area contributed by atoms with E-state index in [4.69, 9.17) is 9.47 Å². The maximum Gasteiger partial charge on any atom is 0.146 e. The first-order valence-electron chi connectivity index (χ1n) is 5.23. The Balaban J connectivity index is 3.62. The van der Waals surface area contributed by atoms with Crippen LogP contribution in [0.1, 0.15) is 20.8 Å². The van der Waals surface area contributed by atoms with Crippen LogP contribution in [0.5, 0.6) is 0 Å². The second-order valence-electron chi connectivity index (χ2n) is 3.32. The topological polar surface area (TPSA) is 21.7 Å². The normalized spacial score (nSPS) is 13.4. The molecule has 0 aromatic carbocycles. The summed E-state index contributed by atoms with van der Waals surface area (Å²) in [6.45, 7) is 9.64. The van der Waals surface area contributed by atoms with E-state index >= 15 is 0 Å². The molecule has 0 aliphatic carbocycles. The molecule has 0 amide bonds. The molecule has 84 valence electrons. The third-order valence-electron chi connectivity index (χ3n) is 2.02. The van der Waals surface area contributed by atoms with Gasteiger partial charge >= 0.3 is 0 Å². The molecule has 0 saturated heterocycles. The lowest BCUT2D eigenvalue weighted by Crippen LogP contribution is -2.16. The van der Waals surface area contributed by atoms with Crippen molar-refractivity contribution < 1.29 is 9.47 Å². The lowest BCUT2D eigenvalue weighted by molar-refractivity contribution is -0.0372. The predicted molar refractivity (Wildman–Crippen MR) is 59.1 cm³/mol. The summed E-state index contributed by atoms with van der Waals surface area (Å²) in [5.74, 6) is 0.436. The first-order chi connectivity index (χ1) is 6.74. The van der Waals surface area contributed by atoms with Crippen LogP contribution in [0.3, 0.4) is 0 Å². The Hall–Kier alpha value is -0.540. The predicted octanol–water partition coefficient (Wildman–Crippen LogP) is 2.10. The van der Waals surface area contributed by atoms with Crippen molar-refractivity contribution >= 4 is 0 Å². The molecule has 0 aromatic rings. The van der Waals surface area contributed by atoms with Crippen LogP contribution in [0.25, 0.3) is 0 Å². The molecule has 3 nitrogen and oxygen atoms in total. The van der Waals surface area contributed by atoms with E-state index in [0.29, 0.717) is 19.3 Å². The number of hydrogen-bond acceptors (Lipinski definition) is 3. The Labute approximate surface area is 87.7 Å². The molecule has 0 saturated carbocycles. The van der Waals surface area contributed by atoms with E-state index < -0.39 is 0 Å². The highest BCUT2D eigenvalue weighted by molar-refractivity contribution is 4.85. The molecule has 0 unspecified atom stereocenters. The minimum absolute atomic E-state index is 0.378. The molecule has 3 heteroatoms. The maximum absolute atomic E-state index is 5.25. The van der Waals surface area contributed by atoms with Gasteiger partial charge in [-0.1, -0.05) is 13.0 Å². The zero-order chi connectivity index (χ0) is 10.8. The van der Waals surface area contributed by atoms with Crippen LogP contribution in [0.2, 0.25) is 0 Å². The summed E-state index contributed by atoms with van der Waals surface area (Å²) in [5.41, 5.74) is 0. The molecule has 0 heterocycles. The van der Waals surface area contributed by atoms with Crippen molar-refractivity contribution in [3.8, 4) is 0 Å². The lowest BCUT2D eigenvalue weighted by atomic mass is 10.2. The van der Waals surface area contributed by atoms with E-state index in [2.05, 4.69) is 37.9 Å². The average molecular weight is 201 g/mol. The van der Waals surface area contributed by atoms with E-state index in [-0.39, 0.29) is 0 Å². The Morgan fingerprint density at radius 1 is 1.29 bits per heavy atom. The number of ether oxygens (including phenoxy) is 2. The summed E-state index contributed by atoms with van der Waals surface area (Å²) < 4.78 is 10.1. The van der Waals surface area contributed by atoms with Crippen molar-refractivity contribution in [2.24, 2.45) is 5.92 Å². The van der Waals surface area contributed by atoms with E-state index in [0.717, 1.165) is 13.1 Å². The first-order valence-corrected chi connectivity index (χ1v) is 5.23. The number of nitrogens with zero attached hydrogens (tertiary/aromatic N) is 1. The van der Waals surface area contributed by atoms with Crippen molar-refractivity contribution in [1.29, 1.82) is 0 Å². The highest BCUT2D eigenvalue weighted by Crippen LogP contribution is 2.00. The summed E-state index contributed by atoms with van der Waals surface area (Å²) in [6, 6.07) is 0. The third-order valence-corrected chi connectivity index (χ3v) is 2.02. The largest absolute Gasteiger partial charge is 0.378 e. The summed E-state index contributed by atoms with van der Waals surface area (Å²) in [5, 5.41) is 0. The van der Waals surface area contributed by atoms with Crippen LogP contribution < -0.4 is 0 Å². The standard InChI is InChI=1S/C11H23NO2/c1-5-12(6-2)8-7-11(3)9-14-10-13-4/h7-8,11H,5-6,9-10H2,1-4H3/b8-7+/t11-/m1/s1. The molecule has 0 radical (unpaired) electrons. The van der Waals surface area contributed by atoms with E-state index in [1.807, 2.05) is 0 Å². The average Bonchev–Trinajstić information content (AvgIpc) is 2.20. The van der Waals surface area contributed by atoms with Crippen LogP contribution in [0.15, 0.2) is 12.3 Å². The third kappa shape index (κ3) is 6.92. The Bertz CT molecular complexity index is 144. The molecule has 0 aliphatic heterocycles. The monoisotopic (exact) mass is 201 g/mol. The summed E-state index contributed by atoms with van der Waals surface area (Å²) >= 11 is 0. The Morgan fingerprint density at radius 2 is 1.93 bits per heavy atom. The quantitative estimate of drug-likeness (QED) is 0.443. The van der Waals surface area contributed by atoms with Crippen LogP contribution in [-0.2, 0) is 9.47 Å². The van der Waals surface area contributed by atoms with Gasteiger partial charge in [-0.15, -0.1) is 0 Å². The van der Waals surface area contributed by atoms with Gasteiger partial charge in [-0.3, -0.25) is 0 Å². The zero-order valence-corrected chi connectivity index (χ0v) is 9.82. The highest BCUT2D eigenvalue weighted by atomic mass is 16.7. The van der Waals surface area contributed by atoms with Gasteiger partial charge in [0.2, 0.25) is 0 Å². The summed E-state index contributed by atoms with van der Waals surface area (Å²) in [7, 11) is 1.64. The second-order valence-corrected chi connectivity index (χ2v) is 3.32. The summed E-state index contributed by atoms with van der Waals surface area (Å²) in [6.07, 6.45) is 4.31. The van der Waals surface area contributed by atoms with Gasteiger partial charge in [-0.2, -0.15) is 0 Å². The van der Waals surface area contributed by atoms with E-state index in [9.17, 15) is 0 Å². The number of methoxy groups -OCH3 is 1. The van der Waals surface area contributed by atoms with Crippen LogP contribution >= 0.6 is 0 Å². The first kappa shape index (κ1) is 13.5. The fraction of sp³-hybridized carbons (Fsp3) is 0.818. The molecule has 14 heavy (non-hydrogen) atoms. The van der Waals surface area contributed by atoms with Gasteiger partial charge in [0.25, 0.3) is 0 Å². The molecule has 0 N–H and O–H groups in total. The van der Waals surface area contributed by atoms with Crippen molar-refractivity contribution in [2.75, 3.05) is 33.6 Å². The van der Waals surface area contributed by atoms with Crippen molar-refractivity contribution in [3.63, 3.8) is 0 Å². The van der Waals surface area contributed by atoms with Gasteiger partial charge in [0.15, 0.2) is 0 Å². The Kier molecular flexibility index (Phi) is 8.68. The van der Waals surface area contributed by atoms with Crippen LogP contribution in [0.4, 0.5) is 0 Å². The van der Waals surface area contributed by atoms with Crippen molar-refractivity contribution in [2.45, 2.75) is 20.8 Å². The number of rotatable bonds is 8. The van der Waals surface area contributed by atoms with Crippen LogP contribution in [-0.4, -0.2) is 38.5 Å². The lowest BCUT2D eigenvalue weighted by Gasteiger charge is -2.16. The van der Waals surface area contributed by atoms with Gasteiger partial charge in [0, 0.05) is 20.2 Å². The minimum atomic E-state index is 0.378. The smallest absolute Gasteiger partial charge is 0.146 e. The summed E-state index contributed by atoms with van der Waals surface area (Å²) in [4.78, 5) is 2.26. The SMILES string of the molecule is CCN(/C=C/[C@@H](C)COCOC)CC. The van der Waals surface area contributed by atoms with Gasteiger partial charge in [-0.25, -0.2) is 0 Å². The molecule has 0 fully saturated rings. The van der Waals surface area contributed by atoms with Gasteiger partial charge in [-0.05, 0) is 26.0 Å². The molecular weight excluding hydrogens is 178 g/mol. The molecule has 0 bridgehead atoms. The molecular formula is C11H23NO2. The van der Waals surface area contributed by atoms with Crippen molar-refractivity contribution in [1.82, 2.24) is 4.90 Å². The van der Waals surface area contributed by atoms with Gasteiger partial charge < -0.3 is 14.4 Å². The molecule has 0 rings (SSSR count). The van der Waals surface area contributed by atoms with Gasteiger partial charge in [0.05, 0.1) is 6.61 Å². The number of hydrogen-bond donors (Lipinski definition) is 0. The van der Waals surface area contributed by atoms with Gasteiger partial charge in [0.1, 0.15) is 6.79 Å². The fourth-order valence-corrected chi connectivity index (χ4v) is 1.08. The Morgan fingerprint density at radius 3 is 2.43 bits per heavy atom. The highest BCUT2D eigenvalue weighted by Gasteiger charge is 1.97. The molecule has 1 atom stereocenters. The van der Waals surface area contributed by atoms with E-state index in [1.165, 1.54) is 0 Å². The molecule has 0 aliphatic rings. The molecule has 0 spiro atoms. The fourth-order valence-electron chi connectivity index (χ4n) is 1.08.